The summed E-state index contributed by atoms with van der Waals surface area (Å²) >= 11 is 7.76. The number of rotatable bonds is 13. The van der Waals surface area contributed by atoms with Crippen LogP contribution in [-0.4, -0.2) is 0 Å². The molecule has 0 fully saturated rings. The summed E-state index contributed by atoms with van der Waals surface area (Å²) in [7, 11) is 0. The standard InChI is InChI=1S/C28H34S4/c1-3-5-7-9-12-21-17-19-30-27(21)24-15-16-25(31-24)28-22(13-10-8-6-4-2)20-26(32-28)23-14-11-18-29-23/h11,14-20H,3-10,12-13H2,1-2H3. The predicted molar refractivity (Wildman–Crippen MR) is 150 cm³/mol. The molecule has 32 heavy (non-hydrogen) atoms. The topological polar surface area (TPSA) is 0 Å². The van der Waals surface area contributed by atoms with Gasteiger partial charge in [0.1, 0.15) is 0 Å². The van der Waals surface area contributed by atoms with E-state index in [0.29, 0.717) is 0 Å². The molecule has 4 aromatic heterocycles. The van der Waals surface area contributed by atoms with E-state index >= 15 is 0 Å². The highest BCUT2D eigenvalue weighted by Crippen LogP contribution is 2.45. The maximum atomic E-state index is 2.47. The fourth-order valence-electron chi connectivity index (χ4n) is 4.18. The van der Waals surface area contributed by atoms with Gasteiger partial charge >= 0.3 is 0 Å². The Hall–Kier alpha value is -1.20. The second kappa shape index (κ2) is 12.3. The first kappa shape index (κ1) is 23.9. The minimum Gasteiger partial charge on any atom is -0.143 e. The molecule has 0 radical (unpaired) electrons. The van der Waals surface area contributed by atoms with Gasteiger partial charge in [-0.25, -0.2) is 0 Å². The Balaban J connectivity index is 1.56. The average molecular weight is 499 g/mol. The van der Waals surface area contributed by atoms with Crippen LogP contribution in [0.2, 0.25) is 0 Å². The average Bonchev–Trinajstić information content (AvgIpc) is 3.60. The van der Waals surface area contributed by atoms with Gasteiger partial charge in [-0.15, -0.1) is 45.3 Å². The molecule has 0 aliphatic rings. The lowest BCUT2D eigenvalue weighted by molar-refractivity contribution is 0.668. The molecule has 0 nitrogen and oxygen atoms in total. The Morgan fingerprint density at radius 1 is 0.562 bits per heavy atom. The highest BCUT2D eigenvalue weighted by Gasteiger charge is 2.16. The first-order valence-corrected chi connectivity index (χ1v) is 15.5. The van der Waals surface area contributed by atoms with Crippen LogP contribution < -0.4 is 0 Å². The summed E-state index contributed by atoms with van der Waals surface area (Å²) in [5, 5.41) is 4.47. The fraction of sp³-hybridized carbons (Fsp3) is 0.429. The molecule has 0 amide bonds. The van der Waals surface area contributed by atoms with Crippen molar-refractivity contribution in [2.45, 2.75) is 78.1 Å². The highest BCUT2D eigenvalue weighted by molar-refractivity contribution is 7.28. The van der Waals surface area contributed by atoms with E-state index in [1.54, 1.807) is 11.1 Å². The van der Waals surface area contributed by atoms with Crippen molar-refractivity contribution in [1.29, 1.82) is 0 Å². The third kappa shape index (κ3) is 6.02. The van der Waals surface area contributed by atoms with E-state index in [2.05, 4.69) is 61.0 Å². The van der Waals surface area contributed by atoms with Crippen molar-refractivity contribution < 1.29 is 0 Å². The van der Waals surface area contributed by atoms with Gasteiger partial charge in [-0.05, 0) is 77.9 Å². The summed E-state index contributed by atoms with van der Waals surface area (Å²) in [5.41, 5.74) is 3.10. The monoisotopic (exact) mass is 498 g/mol. The molecule has 0 aromatic carbocycles. The van der Waals surface area contributed by atoms with Crippen molar-refractivity contribution in [3.05, 3.63) is 58.3 Å². The van der Waals surface area contributed by atoms with Gasteiger partial charge in [-0.1, -0.05) is 58.4 Å². The van der Waals surface area contributed by atoms with Crippen LogP contribution in [0, 0.1) is 0 Å². The largest absolute Gasteiger partial charge is 0.143 e. The van der Waals surface area contributed by atoms with E-state index < -0.39 is 0 Å². The Morgan fingerprint density at radius 3 is 1.97 bits per heavy atom. The summed E-state index contributed by atoms with van der Waals surface area (Å²) < 4.78 is 0. The Bertz CT molecular complexity index is 1060. The van der Waals surface area contributed by atoms with Gasteiger partial charge in [-0.2, -0.15) is 0 Å². The van der Waals surface area contributed by atoms with Crippen LogP contribution in [0.1, 0.15) is 76.3 Å². The van der Waals surface area contributed by atoms with Gasteiger partial charge in [0.25, 0.3) is 0 Å². The fourth-order valence-corrected chi connectivity index (χ4v) is 8.48. The van der Waals surface area contributed by atoms with Crippen molar-refractivity contribution in [2.75, 3.05) is 0 Å². The Labute approximate surface area is 210 Å². The van der Waals surface area contributed by atoms with Gasteiger partial charge < -0.3 is 0 Å². The molecule has 0 bridgehead atoms. The molecule has 0 unspecified atom stereocenters. The lowest BCUT2D eigenvalue weighted by atomic mass is 10.1. The predicted octanol–water partition coefficient (Wildman–Crippen LogP) is 11.2. The van der Waals surface area contributed by atoms with Crippen LogP contribution >= 0.6 is 45.3 Å². The van der Waals surface area contributed by atoms with Gasteiger partial charge in [0.2, 0.25) is 0 Å². The van der Waals surface area contributed by atoms with E-state index in [-0.39, 0.29) is 0 Å². The number of thiophene rings is 4. The third-order valence-electron chi connectivity index (χ3n) is 5.97. The van der Waals surface area contributed by atoms with E-state index in [1.807, 2.05) is 45.3 Å². The molecule has 170 valence electrons. The highest BCUT2D eigenvalue weighted by atomic mass is 32.1. The molecule has 0 spiro atoms. The zero-order chi connectivity index (χ0) is 22.2. The minimum atomic E-state index is 1.20. The maximum Gasteiger partial charge on any atom is 0.0481 e. The zero-order valence-electron chi connectivity index (χ0n) is 19.3. The third-order valence-corrected chi connectivity index (χ3v) is 10.6. The first-order valence-electron chi connectivity index (χ1n) is 12.1. The molecule has 0 saturated heterocycles. The van der Waals surface area contributed by atoms with Crippen LogP contribution in [0.15, 0.2) is 47.2 Å². The van der Waals surface area contributed by atoms with E-state index in [4.69, 9.17) is 0 Å². The molecule has 0 N–H and O–H groups in total. The second-order valence-electron chi connectivity index (χ2n) is 8.50. The van der Waals surface area contributed by atoms with Crippen molar-refractivity contribution in [3.8, 4) is 29.3 Å². The number of unbranched alkanes of at least 4 members (excludes halogenated alkanes) is 6. The first-order chi connectivity index (χ1) is 15.8. The minimum absolute atomic E-state index is 1.20. The zero-order valence-corrected chi connectivity index (χ0v) is 22.6. The van der Waals surface area contributed by atoms with Gasteiger partial charge in [0.15, 0.2) is 0 Å². The number of hydrogen-bond donors (Lipinski definition) is 0. The molecular formula is C28H34S4. The summed E-state index contributed by atoms with van der Waals surface area (Å²) in [6.07, 6.45) is 13.0. The van der Waals surface area contributed by atoms with Crippen molar-refractivity contribution >= 4 is 45.3 Å². The molecular weight excluding hydrogens is 465 g/mol. The van der Waals surface area contributed by atoms with Crippen LogP contribution in [0.25, 0.3) is 29.3 Å². The van der Waals surface area contributed by atoms with Crippen molar-refractivity contribution in [3.63, 3.8) is 0 Å². The summed E-state index contributed by atoms with van der Waals surface area (Å²) in [4.78, 5) is 8.73. The molecule has 4 heterocycles. The number of hydrogen-bond acceptors (Lipinski definition) is 4. The normalized spacial score (nSPS) is 11.4. The van der Waals surface area contributed by atoms with Crippen LogP contribution in [0.4, 0.5) is 0 Å². The summed E-state index contributed by atoms with van der Waals surface area (Å²) in [6.45, 7) is 4.58. The van der Waals surface area contributed by atoms with E-state index in [9.17, 15) is 0 Å². The summed E-state index contributed by atoms with van der Waals surface area (Å²) in [6, 6.07) is 14.0. The second-order valence-corrected chi connectivity index (χ2v) is 12.5. The van der Waals surface area contributed by atoms with E-state index in [1.165, 1.54) is 93.5 Å². The van der Waals surface area contributed by atoms with Crippen LogP contribution in [0.3, 0.4) is 0 Å². The van der Waals surface area contributed by atoms with Crippen molar-refractivity contribution in [2.24, 2.45) is 0 Å². The number of aryl methyl sites for hydroxylation is 2. The van der Waals surface area contributed by atoms with E-state index in [0.717, 1.165) is 0 Å². The summed E-state index contributed by atoms with van der Waals surface area (Å²) in [5.74, 6) is 0. The smallest absolute Gasteiger partial charge is 0.0481 e. The quantitative estimate of drug-likeness (QED) is 0.161. The molecule has 0 atom stereocenters. The van der Waals surface area contributed by atoms with Crippen molar-refractivity contribution in [1.82, 2.24) is 0 Å². The lowest BCUT2D eigenvalue weighted by Crippen LogP contribution is -1.85. The van der Waals surface area contributed by atoms with Gasteiger partial charge in [-0.3, -0.25) is 0 Å². The van der Waals surface area contributed by atoms with Gasteiger partial charge in [0, 0.05) is 29.3 Å². The molecule has 4 aromatic rings. The Morgan fingerprint density at radius 2 is 1.28 bits per heavy atom. The Kier molecular flexibility index (Phi) is 9.21. The molecule has 0 aliphatic heterocycles. The molecule has 0 aliphatic carbocycles. The lowest BCUT2D eigenvalue weighted by Gasteiger charge is -2.03. The van der Waals surface area contributed by atoms with Crippen LogP contribution in [-0.2, 0) is 12.8 Å². The molecule has 4 heteroatoms. The molecule has 0 saturated carbocycles. The molecule has 4 rings (SSSR count). The van der Waals surface area contributed by atoms with Gasteiger partial charge in [0.05, 0.1) is 0 Å². The SMILES string of the molecule is CCCCCCc1ccsc1-c1ccc(-c2sc(-c3cccs3)cc2CCCCCC)s1. The van der Waals surface area contributed by atoms with Crippen LogP contribution in [0.5, 0.6) is 0 Å². The maximum absolute atomic E-state index is 2.47.